The molecule has 0 spiro atoms. The molecule has 1 fully saturated rings. The van der Waals surface area contributed by atoms with Gasteiger partial charge >= 0.3 is 0 Å². The number of fused-ring (bicyclic) bond motifs is 3. The zero-order valence-corrected chi connectivity index (χ0v) is 17.9. The molecule has 1 saturated heterocycles. The highest BCUT2D eigenvalue weighted by atomic mass is 16.6. The molecule has 0 aliphatic carbocycles. The van der Waals surface area contributed by atoms with Gasteiger partial charge in [0.15, 0.2) is 0 Å². The van der Waals surface area contributed by atoms with Crippen molar-refractivity contribution in [3.05, 3.63) is 76.3 Å². The summed E-state index contributed by atoms with van der Waals surface area (Å²) in [4.78, 5) is 17.8. The summed E-state index contributed by atoms with van der Waals surface area (Å²) in [5.41, 5.74) is 3.96. The van der Waals surface area contributed by atoms with Crippen LogP contribution < -0.4 is 4.90 Å². The Morgan fingerprint density at radius 3 is 2.53 bits per heavy atom. The average Bonchev–Trinajstić information content (AvgIpc) is 3.14. The van der Waals surface area contributed by atoms with Gasteiger partial charge in [0.05, 0.1) is 22.8 Å². The predicted octanol–water partition coefficient (Wildman–Crippen LogP) is 5.86. The van der Waals surface area contributed by atoms with Crippen molar-refractivity contribution in [2.24, 2.45) is 4.99 Å². The van der Waals surface area contributed by atoms with E-state index in [0.717, 1.165) is 33.3 Å². The van der Waals surface area contributed by atoms with E-state index >= 15 is 0 Å². The van der Waals surface area contributed by atoms with Gasteiger partial charge in [-0.25, -0.2) is 0 Å². The molecule has 2 heterocycles. The van der Waals surface area contributed by atoms with Crippen LogP contribution >= 0.6 is 0 Å². The molecule has 5 rings (SSSR count). The summed E-state index contributed by atoms with van der Waals surface area (Å²) in [5.74, 6) is 0. The maximum absolute atomic E-state index is 11.4. The Bertz CT molecular complexity index is 1330. The molecule has 2 atom stereocenters. The van der Waals surface area contributed by atoms with Gasteiger partial charge in [0.1, 0.15) is 11.2 Å². The topological polar surface area (TPSA) is 81.1 Å². The number of rotatable bonds is 4. The van der Waals surface area contributed by atoms with Crippen LogP contribution in [-0.2, 0) is 4.74 Å². The van der Waals surface area contributed by atoms with E-state index in [2.05, 4.69) is 9.89 Å². The fourth-order valence-electron chi connectivity index (χ4n) is 4.36. The highest BCUT2D eigenvalue weighted by molar-refractivity contribution is 6.05. The number of nitro groups is 1. The van der Waals surface area contributed by atoms with Gasteiger partial charge in [-0.05, 0) is 38.1 Å². The maximum atomic E-state index is 11.4. The van der Waals surface area contributed by atoms with E-state index in [1.165, 1.54) is 6.07 Å². The molecule has 32 heavy (non-hydrogen) atoms. The highest BCUT2D eigenvalue weighted by Crippen LogP contribution is 2.32. The minimum absolute atomic E-state index is 0.0392. The van der Waals surface area contributed by atoms with Gasteiger partial charge in [0, 0.05) is 59.5 Å². The molecule has 7 nitrogen and oxygen atoms in total. The summed E-state index contributed by atoms with van der Waals surface area (Å²) in [7, 11) is 0. The number of para-hydroxylation sites is 1. The van der Waals surface area contributed by atoms with Crippen molar-refractivity contribution in [3.8, 4) is 0 Å². The second-order valence-electron chi connectivity index (χ2n) is 8.20. The Morgan fingerprint density at radius 2 is 1.75 bits per heavy atom. The summed E-state index contributed by atoms with van der Waals surface area (Å²) >= 11 is 0. The third-order valence-electron chi connectivity index (χ3n) is 5.70. The molecule has 2 unspecified atom stereocenters. The van der Waals surface area contributed by atoms with Crippen molar-refractivity contribution in [2.75, 3.05) is 18.0 Å². The maximum Gasteiger partial charge on any atom is 0.270 e. The first-order valence-electron chi connectivity index (χ1n) is 10.6. The second kappa shape index (κ2) is 8.09. The number of hydrogen-bond donors (Lipinski definition) is 0. The van der Waals surface area contributed by atoms with Crippen molar-refractivity contribution in [2.45, 2.75) is 26.1 Å². The van der Waals surface area contributed by atoms with Crippen LogP contribution in [0.2, 0.25) is 0 Å². The Labute approximate surface area is 185 Å². The first kappa shape index (κ1) is 20.2. The molecule has 1 aliphatic rings. The third kappa shape index (κ3) is 3.83. The van der Waals surface area contributed by atoms with Crippen molar-refractivity contribution < 1.29 is 14.1 Å². The summed E-state index contributed by atoms with van der Waals surface area (Å²) in [5, 5.41) is 13.5. The molecule has 1 aromatic heterocycles. The predicted molar refractivity (Wildman–Crippen MR) is 126 cm³/mol. The van der Waals surface area contributed by atoms with E-state index in [1.807, 2.05) is 56.3 Å². The molecule has 7 heteroatoms. The molecule has 0 bridgehead atoms. The normalized spacial score (nSPS) is 19.2. The molecule has 1 aliphatic heterocycles. The fourth-order valence-corrected chi connectivity index (χ4v) is 4.36. The summed E-state index contributed by atoms with van der Waals surface area (Å²) in [6, 6.07) is 18.6. The molecule has 3 aromatic carbocycles. The third-order valence-corrected chi connectivity index (χ3v) is 5.70. The molecule has 4 aromatic rings. The summed E-state index contributed by atoms with van der Waals surface area (Å²) in [6.45, 7) is 5.50. The van der Waals surface area contributed by atoms with E-state index < -0.39 is 0 Å². The standard InChI is InChI=1S/C25H23N3O4/c1-16-14-27(15-17(2)31-16)23-10-8-20(28(29)30)11-18(23)13-26-19-7-9-22-21-5-3-4-6-24(21)32-25(22)12-19/h3-13,16-17H,14-15H2,1-2H3. The first-order valence-corrected chi connectivity index (χ1v) is 10.6. The molecular formula is C25H23N3O4. The van der Waals surface area contributed by atoms with Crippen molar-refractivity contribution in [3.63, 3.8) is 0 Å². The highest BCUT2D eigenvalue weighted by Gasteiger charge is 2.24. The van der Waals surface area contributed by atoms with E-state index in [4.69, 9.17) is 9.15 Å². The van der Waals surface area contributed by atoms with Crippen LogP contribution in [0.25, 0.3) is 21.9 Å². The SMILES string of the molecule is CC1CN(c2ccc([N+](=O)[O-])cc2C=Nc2ccc3c(c2)oc2ccccc23)CC(C)O1. The number of hydrogen-bond acceptors (Lipinski definition) is 6. The smallest absolute Gasteiger partial charge is 0.270 e. The van der Waals surface area contributed by atoms with Crippen LogP contribution in [-0.4, -0.2) is 36.4 Å². The zero-order chi connectivity index (χ0) is 22.2. The van der Waals surface area contributed by atoms with Gasteiger partial charge in [-0.3, -0.25) is 15.1 Å². The molecule has 0 radical (unpaired) electrons. The van der Waals surface area contributed by atoms with Crippen LogP contribution in [0.15, 0.2) is 70.1 Å². The number of anilines is 1. The van der Waals surface area contributed by atoms with Crippen LogP contribution in [0, 0.1) is 10.1 Å². The zero-order valence-electron chi connectivity index (χ0n) is 17.9. The Hall–Kier alpha value is -3.71. The van der Waals surface area contributed by atoms with Gasteiger partial charge in [-0.2, -0.15) is 0 Å². The molecule has 162 valence electrons. The van der Waals surface area contributed by atoms with E-state index in [-0.39, 0.29) is 22.8 Å². The average molecular weight is 429 g/mol. The number of nitro benzene ring substituents is 1. The minimum atomic E-state index is -0.383. The second-order valence-corrected chi connectivity index (χ2v) is 8.20. The van der Waals surface area contributed by atoms with Gasteiger partial charge in [-0.1, -0.05) is 18.2 Å². The number of benzene rings is 3. The van der Waals surface area contributed by atoms with Gasteiger partial charge in [-0.15, -0.1) is 0 Å². The number of morpholine rings is 1. The van der Waals surface area contributed by atoms with Gasteiger partial charge in [0.25, 0.3) is 5.69 Å². The Morgan fingerprint density at radius 1 is 1.00 bits per heavy atom. The van der Waals surface area contributed by atoms with Crippen molar-refractivity contribution in [1.29, 1.82) is 0 Å². The minimum Gasteiger partial charge on any atom is -0.456 e. The lowest BCUT2D eigenvalue weighted by atomic mass is 10.1. The monoisotopic (exact) mass is 429 g/mol. The van der Waals surface area contributed by atoms with Gasteiger partial charge in [0.2, 0.25) is 0 Å². The first-order chi connectivity index (χ1) is 15.5. The van der Waals surface area contributed by atoms with E-state index in [0.29, 0.717) is 18.7 Å². The quantitative estimate of drug-likeness (QED) is 0.231. The lowest BCUT2D eigenvalue weighted by Gasteiger charge is -2.37. The molecular weight excluding hydrogens is 406 g/mol. The lowest BCUT2D eigenvalue weighted by Crippen LogP contribution is -2.45. The Kier molecular flexibility index (Phi) is 5.11. The van der Waals surface area contributed by atoms with Crippen LogP contribution in [0.3, 0.4) is 0 Å². The number of ether oxygens (including phenoxy) is 1. The fraction of sp³-hybridized carbons (Fsp3) is 0.240. The number of furan rings is 1. The molecule has 0 N–H and O–H groups in total. The van der Waals surface area contributed by atoms with E-state index in [1.54, 1.807) is 18.3 Å². The number of nitrogens with zero attached hydrogens (tertiary/aromatic N) is 3. The number of aliphatic imine (C=N–C) groups is 1. The Balaban J connectivity index is 1.52. The van der Waals surface area contributed by atoms with Gasteiger partial charge < -0.3 is 14.1 Å². The molecule has 0 saturated carbocycles. The van der Waals surface area contributed by atoms with E-state index in [9.17, 15) is 10.1 Å². The number of non-ortho nitro benzene ring substituents is 1. The molecule has 0 amide bonds. The van der Waals surface area contributed by atoms with Crippen LogP contribution in [0.4, 0.5) is 17.1 Å². The lowest BCUT2D eigenvalue weighted by molar-refractivity contribution is -0.384. The largest absolute Gasteiger partial charge is 0.456 e. The van der Waals surface area contributed by atoms with Crippen LogP contribution in [0.5, 0.6) is 0 Å². The van der Waals surface area contributed by atoms with Crippen molar-refractivity contribution >= 4 is 45.2 Å². The summed E-state index contributed by atoms with van der Waals surface area (Å²) in [6.07, 6.45) is 1.85. The van der Waals surface area contributed by atoms with Crippen molar-refractivity contribution in [1.82, 2.24) is 0 Å². The summed E-state index contributed by atoms with van der Waals surface area (Å²) < 4.78 is 11.8. The van der Waals surface area contributed by atoms with Crippen LogP contribution in [0.1, 0.15) is 19.4 Å².